The van der Waals surface area contributed by atoms with Crippen LogP contribution >= 0.6 is 0 Å². The van der Waals surface area contributed by atoms with Crippen molar-refractivity contribution >= 4 is 5.91 Å². The molecule has 0 saturated carbocycles. The smallest absolute Gasteiger partial charge is 0.224 e. The molecule has 1 N–H and O–H groups in total. The Kier molecular flexibility index (Phi) is 7.24. The molecule has 0 aliphatic rings. The maximum absolute atomic E-state index is 11.9. The van der Waals surface area contributed by atoms with E-state index >= 15 is 0 Å². The van der Waals surface area contributed by atoms with Crippen LogP contribution in [0.4, 0.5) is 0 Å². The monoisotopic (exact) mass is 261 g/mol. The summed E-state index contributed by atoms with van der Waals surface area (Å²) >= 11 is 0. The first-order chi connectivity index (χ1) is 9.19. The zero-order chi connectivity index (χ0) is 14.1. The number of rotatable bonds is 8. The summed E-state index contributed by atoms with van der Waals surface area (Å²) in [6.07, 6.45) is 6.08. The second-order valence-corrected chi connectivity index (χ2v) is 5.18. The van der Waals surface area contributed by atoms with Crippen molar-refractivity contribution in [1.29, 1.82) is 0 Å². The van der Waals surface area contributed by atoms with Crippen molar-refractivity contribution in [2.24, 2.45) is 0 Å². The lowest BCUT2D eigenvalue weighted by molar-refractivity contribution is -0.121. The Labute approximate surface area is 117 Å². The van der Waals surface area contributed by atoms with Crippen LogP contribution < -0.4 is 5.32 Å². The maximum Gasteiger partial charge on any atom is 0.224 e. The molecule has 0 unspecified atom stereocenters. The fourth-order valence-electron chi connectivity index (χ4n) is 2.16. The second-order valence-electron chi connectivity index (χ2n) is 5.18. The average molecular weight is 261 g/mol. The highest BCUT2D eigenvalue weighted by Crippen LogP contribution is 2.09. The number of aryl methyl sites for hydroxylation is 1. The number of amides is 1. The molecule has 1 rings (SSSR count). The van der Waals surface area contributed by atoms with E-state index in [0.717, 1.165) is 24.8 Å². The summed E-state index contributed by atoms with van der Waals surface area (Å²) in [4.78, 5) is 11.9. The third-order valence-electron chi connectivity index (χ3n) is 3.56. The predicted octanol–water partition coefficient (Wildman–Crippen LogP) is 3.88. The molecule has 0 saturated heterocycles. The molecule has 2 nitrogen and oxygen atoms in total. The van der Waals surface area contributed by atoms with Gasteiger partial charge >= 0.3 is 0 Å². The molecule has 0 heterocycles. The molecule has 0 bridgehead atoms. The van der Waals surface area contributed by atoms with Gasteiger partial charge in [-0.25, -0.2) is 0 Å². The fourth-order valence-corrected chi connectivity index (χ4v) is 2.16. The quantitative estimate of drug-likeness (QED) is 0.756. The molecular weight excluding hydrogens is 234 g/mol. The molecule has 0 aliphatic carbocycles. The highest BCUT2D eigenvalue weighted by atomic mass is 16.1. The molecule has 1 amide bonds. The van der Waals surface area contributed by atoms with E-state index in [1.54, 1.807) is 0 Å². The SMILES string of the molecule is CCCCc1ccc(CC(=O)NC(CC)CC)cc1. The Morgan fingerprint density at radius 3 is 2.16 bits per heavy atom. The molecule has 0 atom stereocenters. The van der Waals surface area contributed by atoms with Gasteiger partial charge in [0.25, 0.3) is 0 Å². The second kappa shape index (κ2) is 8.73. The topological polar surface area (TPSA) is 29.1 Å². The molecule has 19 heavy (non-hydrogen) atoms. The van der Waals surface area contributed by atoms with E-state index in [1.165, 1.54) is 18.4 Å². The Balaban J connectivity index is 2.46. The molecule has 0 spiro atoms. The number of benzene rings is 1. The van der Waals surface area contributed by atoms with Crippen LogP contribution in [0.25, 0.3) is 0 Å². The normalized spacial score (nSPS) is 10.7. The van der Waals surface area contributed by atoms with Crippen LogP contribution in [0.2, 0.25) is 0 Å². The summed E-state index contributed by atoms with van der Waals surface area (Å²) in [7, 11) is 0. The Bertz CT molecular complexity index is 365. The minimum atomic E-state index is 0.134. The van der Waals surface area contributed by atoms with Crippen LogP contribution in [0.3, 0.4) is 0 Å². The van der Waals surface area contributed by atoms with Gasteiger partial charge in [0.2, 0.25) is 5.91 Å². The number of nitrogens with one attached hydrogen (secondary N) is 1. The van der Waals surface area contributed by atoms with E-state index in [-0.39, 0.29) is 5.91 Å². The molecule has 0 fully saturated rings. The van der Waals surface area contributed by atoms with Gasteiger partial charge in [-0.15, -0.1) is 0 Å². The standard InChI is InChI=1S/C17H27NO/c1-4-7-8-14-9-11-15(12-10-14)13-17(19)18-16(5-2)6-3/h9-12,16H,4-8,13H2,1-3H3,(H,18,19). The van der Waals surface area contributed by atoms with Gasteiger partial charge in [-0.05, 0) is 36.8 Å². The van der Waals surface area contributed by atoms with Crippen LogP contribution in [0, 0.1) is 0 Å². The zero-order valence-corrected chi connectivity index (χ0v) is 12.5. The fraction of sp³-hybridized carbons (Fsp3) is 0.588. The van der Waals surface area contributed by atoms with E-state index in [4.69, 9.17) is 0 Å². The number of carbonyl (C=O) groups is 1. The molecule has 0 aliphatic heterocycles. The summed E-state index contributed by atoms with van der Waals surface area (Å²) in [6, 6.07) is 8.77. The number of carbonyl (C=O) groups excluding carboxylic acids is 1. The van der Waals surface area contributed by atoms with Crippen molar-refractivity contribution < 1.29 is 4.79 Å². The minimum absolute atomic E-state index is 0.134. The zero-order valence-electron chi connectivity index (χ0n) is 12.5. The number of unbranched alkanes of at least 4 members (excludes halogenated alkanes) is 1. The molecule has 1 aromatic carbocycles. The van der Waals surface area contributed by atoms with Crippen molar-refractivity contribution in [1.82, 2.24) is 5.32 Å². The third-order valence-corrected chi connectivity index (χ3v) is 3.56. The first kappa shape index (κ1) is 15.7. The van der Waals surface area contributed by atoms with E-state index < -0.39 is 0 Å². The van der Waals surface area contributed by atoms with Gasteiger partial charge in [-0.3, -0.25) is 4.79 Å². The molecule has 0 aromatic heterocycles. The Morgan fingerprint density at radius 2 is 1.63 bits per heavy atom. The van der Waals surface area contributed by atoms with Crippen molar-refractivity contribution in [2.45, 2.75) is 65.3 Å². The summed E-state index contributed by atoms with van der Waals surface area (Å²) in [5.41, 5.74) is 2.47. The largest absolute Gasteiger partial charge is 0.353 e. The van der Waals surface area contributed by atoms with Crippen molar-refractivity contribution in [3.05, 3.63) is 35.4 Å². The predicted molar refractivity (Wildman–Crippen MR) is 81.3 cm³/mol. The Hall–Kier alpha value is -1.31. The number of hydrogen-bond acceptors (Lipinski definition) is 1. The van der Waals surface area contributed by atoms with Gasteiger partial charge in [0.05, 0.1) is 6.42 Å². The molecule has 0 radical (unpaired) electrons. The van der Waals surface area contributed by atoms with Crippen molar-refractivity contribution in [2.75, 3.05) is 0 Å². The summed E-state index contributed by atoms with van der Waals surface area (Å²) < 4.78 is 0. The summed E-state index contributed by atoms with van der Waals surface area (Å²) in [5, 5.41) is 3.07. The summed E-state index contributed by atoms with van der Waals surface area (Å²) in [6.45, 7) is 6.42. The van der Waals surface area contributed by atoms with E-state index in [0.29, 0.717) is 12.5 Å². The lowest BCUT2D eigenvalue weighted by atomic mass is 10.0. The average Bonchev–Trinajstić information content (AvgIpc) is 2.44. The lowest BCUT2D eigenvalue weighted by Crippen LogP contribution is -2.34. The number of hydrogen-bond donors (Lipinski definition) is 1. The third kappa shape index (κ3) is 5.91. The molecule has 1 aromatic rings. The summed E-state index contributed by atoms with van der Waals surface area (Å²) in [5.74, 6) is 0.134. The van der Waals surface area contributed by atoms with E-state index in [9.17, 15) is 4.79 Å². The van der Waals surface area contributed by atoms with Gasteiger partial charge in [0.15, 0.2) is 0 Å². The molecule has 106 valence electrons. The van der Waals surface area contributed by atoms with Gasteiger partial charge < -0.3 is 5.32 Å². The minimum Gasteiger partial charge on any atom is -0.353 e. The van der Waals surface area contributed by atoms with Crippen molar-refractivity contribution in [3.8, 4) is 0 Å². The van der Waals surface area contributed by atoms with E-state index in [2.05, 4.69) is 50.4 Å². The molecule has 2 heteroatoms. The highest BCUT2D eigenvalue weighted by Gasteiger charge is 2.08. The van der Waals surface area contributed by atoms with Crippen LogP contribution in [0.15, 0.2) is 24.3 Å². The first-order valence-corrected chi connectivity index (χ1v) is 7.56. The Morgan fingerprint density at radius 1 is 1.05 bits per heavy atom. The van der Waals surface area contributed by atoms with Crippen LogP contribution in [0.1, 0.15) is 57.6 Å². The molecular formula is C17H27NO. The maximum atomic E-state index is 11.9. The van der Waals surface area contributed by atoms with Crippen LogP contribution in [-0.2, 0) is 17.6 Å². The van der Waals surface area contributed by atoms with Crippen LogP contribution in [0.5, 0.6) is 0 Å². The van der Waals surface area contributed by atoms with Crippen molar-refractivity contribution in [3.63, 3.8) is 0 Å². The van der Waals surface area contributed by atoms with Gasteiger partial charge in [-0.1, -0.05) is 51.5 Å². The van der Waals surface area contributed by atoms with Gasteiger partial charge in [0, 0.05) is 6.04 Å². The first-order valence-electron chi connectivity index (χ1n) is 7.56. The van der Waals surface area contributed by atoms with Gasteiger partial charge in [-0.2, -0.15) is 0 Å². The van der Waals surface area contributed by atoms with Crippen LogP contribution in [-0.4, -0.2) is 11.9 Å². The van der Waals surface area contributed by atoms with Gasteiger partial charge in [0.1, 0.15) is 0 Å². The highest BCUT2D eigenvalue weighted by molar-refractivity contribution is 5.78. The van der Waals surface area contributed by atoms with E-state index in [1.807, 2.05) is 0 Å². The lowest BCUT2D eigenvalue weighted by Gasteiger charge is -2.14.